The number of rotatable bonds is 5. The lowest BCUT2D eigenvalue weighted by Gasteiger charge is -2.22. The lowest BCUT2D eigenvalue weighted by Crippen LogP contribution is -2.29. The second-order valence-corrected chi connectivity index (χ2v) is 10.6. The van der Waals surface area contributed by atoms with E-state index in [4.69, 9.17) is 15.7 Å². The van der Waals surface area contributed by atoms with Gasteiger partial charge < -0.3 is 11.1 Å². The summed E-state index contributed by atoms with van der Waals surface area (Å²) in [4.78, 5) is 18.4. The molecule has 3 atom stereocenters. The predicted octanol–water partition coefficient (Wildman–Crippen LogP) is 4.86. The van der Waals surface area contributed by atoms with Crippen molar-refractivity contribution in [1.29, 1.82) is 0 Å². The van der Waals surface area contributed by atoms with E-state index in [0.29, 0.717) is 40.6 Å². The Morgan fingerprint density at radius 3 is 2.78 bits per heavy atom. The number of nitrogens with zero attached hydrogens (tertiary/aromatic N) is 7. The molecule has 9 nitrogen and oxygen atoms in total. The molecule has 2 aliphatic carbocycles. The molecule has 202 valence electrons. The molecular weight excluding hydrogens is 517 g/mol. The highest BCUT2D eigenvalue weighted by Gasteiger charge is 2.36. The second-order valence-electron chi connectivity index (χ2n) is 10.6. The average molecular weight is 544 g/mol. The van der Waals surface area contributed by atoms with Crippen LogP contribution in [0.2, 0.25) is 0 Å². The van der Waals surface area contributed by atoms with E-state index in [0.717, 1.165) is 29.7 Å². The van der Waals surface area contributed by atoms with Gasteiger partial charge in [0.15, 0.2) is 17.3 Å². The van der Waals surface area contributed by atoms with Crippen LogP contribution in [-0.2, 0) is 12.8 Å². The second kappa shape index (κ2) is 9.31. The number of fused-ring (bicyclic) bond motifs is 3. The zero-order valence-electron chi connectivity index (χ0n) is 22.0. The molecule has 0 fully saturated rings. The molecule has 0 saturated carbocycles. The first kappa shape index (κ1) is 23.9. The molecule has 10 heteroatoms. The Morgan fingerprint density at radius 1 is 0.951 bits per heavy atom. The van der Waals surface area contributed by atoms with Gasteiger partial charge in [0.25, 0.3) is 0 Å². The highest BCUT2D eigenvalue weighted by molar-refractivity contribution is 5.83. The standard InChI is InChI=1S/C31H26FN9/c32-24-16-19-15-20(5-6-22(19)28(24)37-25-7-4-18-17-34-13-10-21(18)25)41-30(23-3-1-11-35-29(23)33)38-26-8-9-27(39-31(26)41)40-14-2-12-36-40/h1-3,5-6,8-15,17,24-25,28,37H,4,7,16H2,(H2,33,35). The number of nitrogens with one attached hydrogen (secondary N) is 1. The third-order valence-electron chi connectivity index (χ3n) is 8.20. The van der Waals surface area contributed by atoms with E-state index >= 15 is 4.39 Å². The zero-order chi connectivity index (χ0) is 27.5. The molecule has 6 aromatic rings. The summed E-state index contributed by atoms with van der Waals surface area (Å²) in [5.74, 6) is 1.66. The number of hydrogen-bond donors (Lipinski definition) is 2. The van der Waals surface area contributed by atoms with E-state index in [-0.39, 0.29) is 12.1 Å². The predicted molar refractivity (Wildman–Crippen MR) is 153 cm³/mol. The number of benzene rings is 1. The van der Waals surface area contributed by atoms with Crippen molar-refractivity contribution < 1.29 is 4.39 Å². The van der Waals surface area contributed by atoms with Gasteiger partial charge in [-0.1, -0.05) is 6.07 Å². The minimum atomic E-state index is -1.02. The van der Waals surface area contributed by atoms with Crippen LogP contribution in [0.4, 0.5) is 10.2 Å². The van der Waals surface area contributed by atoms with Crippen molar-refractivity contribution in [3.8, 4) is 22.9 Å². The summed E-state index contributed by atoms with van der Waals surface area (Å²) in [6.07, 6.45) is 10.2. The summed E-state index contributed by atoms with van der Waals surface area (Å²) in [6.45, 7) is 0. The Kier molecular flexibility index (Phi) is 5.42. The Hall–Kier alpha value is -4.96. The van der Waals surface area contributed by atoms with Crippen LogP contribution in [0.1, 0.15) is 40.8 Å². The fourth-order valence-electron chi connectivity index (χ4n) is 6.27. The van der Waals surface area contributed by atoms with Crippen LogP contribution in [0.3, 0.4) is 0 Å². The first-order valence-electron chi connectivity index (χ1n) is 13.7. The molecule has 41 heavy (non-hydrogen) atoms. The van der Waals surface area contributed by atoms with Crippen LogP contribution < -0.4 is 11.1 Å². The number of aromatic nitrogens is 7. The molecular formula is C31H26FN9. The SMILES string of the molecule is Nc1ncccc1-c1nc2ccc(-n3cccn3)nc2n1-c1ccc2c(c1)CC(F)C2NC1CCc2cnccc21. The molecule has 0 spiro atoms. The topological polar surface area (TPSA) is 112 Å². The van der Waals surface area contributed by atoms with Crippen molar-refractivity contribution in [2.45, 2.75) is 37.5 Å². The van der Waals surface area contributed by atoms with Crippen molar-refractivity contribution in [2.75, 3.05) is 5.73 Å². The van der Waals surface area contributed by atoms with Gasteiger partial charge in [0.1, 0.15) is 17.5 Å². The van der Waals surface area contributed by atoms with Gasteiger partial charge in [-0.25, -0.2) is 24.0 Å². The summed E-state index contributed by atoms with van der Waals surface area (Å²) in [7, 11) is 0. The van der Waals surface area contributed by atoms with Crippen molar-refractivity contribution in [2.24, 2.45) is 0 Å². The van der Waals surface area contributed by atoms with Crippen LogP contribution in [0.25, 0.3) is 34.1 Å². The quantitative estimate of drug-likeness (QED) is 0.319. The summed E-state index contributed by atoms with van der Waals surface area (Å²) in [5, 5.41) is 7.96. The minimum absolute atomic E-state index is 0.115. The number of nitrogens with two attached hydrogens (primary N) is 1. The number of nitrogen functional groups attached to an aromatic ring is 1. The molecule has 8 rings (SSSR count). The maximum absolute atomic E-state index is 15.6. The maximum Gasteiger partial charge on any atom is 0.167 e. The molecule has 3 N–H and O–H groups in total. The molecule has 5 aromatic heterocycles. The Bertz CT molecular complexity index is 1910. The maximum atomic E-state index is 15.6. The number of hydrogen-bond acceptors (Lipinski definition) is 7. The van der Waals surface area contributed by atoms with Gasteiger partial charge >= 0.3 is 0 Å². The van der Waals surface area contributed by atoms with Crippen LogP contribution in [0, 0.1) is 0 Å². The van der Waals surface area contributed by atoms with Gasteiger partial charge in [-0.15, -0.1) is 0 Å². The fraction of sp³-hybridized carbons (Fsp3) is 0.194. The first-order chi connectivity index (χ1) is 20.1. The van der Waals surface area contributed by atoms with Gasteiger partial charge in [-0.3, -0.25) is 9.55 Å². The number of halogens is 1. The van der Waals surface area contributed by atoms with Gasteiger partial charge in [0, 0.05) is 49.1 Å². The number of pyridine rings is 3. The third kappa shape index (κ3) is 3.90. The lowest BCUT2D eigenvalue weighted by molar-refractivity contribution is 0.253. The number of aryl methyl sites for hydroxylation is 1. The summed E-state index contributed by atoms with van der Waals surface area (Å²) >= 11 is 0. The van der Waals surface area contributed by atoms with Gasteiger partial charge in [-0.05, 0) is 83.6 Å². The highest BCUT2D eigenvalue weighted by atomic mass is 19.1. The minimum Gasteiger partial charge on any atom is -0.383 e. The van der Waals surface area contributed by atoms with Gasteiger partial charge in [0.2, 0.25) is 0 Å². The largest absolute Gasteiger partial charge is 0.383 e. The monoisotopic (exact) mass is 543 g/mol. The molecule has 0 amide bonds. The van der Waals surface area contributed by atoms with E-state index in [1.807, 2.05) is 71.7 Å². The Labute approximate surface area is 234 Å². The van der Waals surface area contributed by atoms with E-state index < -0.39 is 6.17 Å². The smallest absolute Gasteiger partial charge is 0.167 e. The Morgan fingerprint density at radius 2 is 1.90 bits per heavy atom. The Balaban J connectivity index is 1.23. The van der Waals surface area contributed by atoms with Crippen molar-refractivity contribution in [1.82, 2.24) is 39.6 Å². The molecule has 0 bridgehead atoms. The van der Waals surface area contributed by atoms with Gasteiger partial charge in [-0.2, -0.15) is 5.10 Å². The number of imidazole rings is 1. The van der Waals surface area contributed by atoms with Crippen LogP contribution in [0.5, 0.6) is 0 Å². The number of anilines is 1. The molecule has 2 aliphatic rings. The highest BCUT2D eigenvalue weighted by Crippen LogP contribution is 2.40. The van der Waals surface area contributed by atoms with Crippen molar-refractivity contribution in [3.63, 3.8) is 0 Å². The third-order valence-corrected chi connectivity index (χ3v) is 8.20. The first-order valence-corrected chi connectivity index (χ1v) is 13.7. The van der Waals surface area contributed by atoms with E-state index in [1.54, 1.807) is 17.1 Å². The summed E-state index contributed by atoms with van der Waals surface area (Å²) < 4.78 is 19.3. The van der Waals surface area contributed by atoms with Crippen LogP contribution in [-0.4, -0.2) is 40.5 Å². The summed E-state index contributed by atoms with van der Waals surface area (Å²) in [5.41, 5.74) is 13.6. The molecule has 3 unspecified atom stereocenters. The number of alkyl halides is 1. The molecule has 0 aliphatic heterocycles. The fourth-order valence-corrected chi connectivity index (χ4v) is 6.27. The molecule has 0 radical (unpaired) electrons. The van der Waals surface area contributed by atoms with Crippen molar-refractivity contribution >= 4 is 17.0 Å². The zero-order valence-corrected chi connectivity index (χ0v) is 22.0. The average Bonchev–Trinajstić information content (AvgIpc) is 3.79. The summed E-state index contributed by atoms with van der Waals surface area (Å²) in [6, 6.07) is 17.3. The molecule has 5 heterocycles. The van der Waals surface area contributed by atoms with Crippen LogP contribution >= 0.6 is 0 Å². The van der Waals surface area contributed by atoms with E-state index in [9.17, 15) is 0 Å². The van der Waals surface area contributed by atoms with E-state index in [1.165, 1.54) is 11.1 Å². The lowest BCUT2D eigenvalue weighted by atomic mass is 10.0. The normalized spacial score (nSPS) is 19.5. The van der Waals surface area contributed by atoms with E-state index in [2.05, 4.69) is 26.4 Å². The molecule has 1 aromatic carbocycles. The van der Waals surface area contributed by atoms with Gasteiger partial charge in [0.05, 0.1) is 11.6 Å². The van der Waals surface area contributed by atoms with Crippen molar-refractivity contribution in [3.05, 3.63) is 108 Å². The van der Waals surface area contributed by atoms with Crippen LogP contribution in [0.15, 0.2) is 85.6 Å². The molecule has 0 saturated heterocycles.